The molecule has 1 atom stereocenters. The molecule has 3 aromatic carbocycles. The van der Waals surface area contributed by atoms with E-state index in [0.29, 0.717) is 6.54 Å². The molecule has 5 nitrogen and oxygen atoms in total. The Balaban J connectivity index is 1.48. The van der Waals surface area contributed by atoms with Crippen LogP contribution in [0.5, 0.6) is 5.75 Å². The van der Waals surface area contributed by atoms with E-state index in [4.69, 9.17) is 9.47 Å². The highest BCUT2D eigenvalue weighted by Crippen LogP contribution is 2.50. The highest BCUT2D eigenvalue weighted by Gasteiger charge is 2.48. The Morgan fingerprint density at radius 2 is 1.80 bits per heavy atom. The SMILES string of the molecule is COc1ccc2c(c1)c(C(=O)[C@@H]1OC3(CCNCC3)c3ccccc31)c(C)n2Cc1ccccc1. The first-order valence-electron chi connectivity index (χ1n) is 12.3. The molecule has 1 saturated heterocycles. The molecule has 3 heterocycles. The maximum Gasteiger partial charge on any atom is 0.198 e. The summed E-state index contributed by atoms with van der Waals surface area (Å²) in [6.45, 7) is 4.52. The van der Waals surface area contributed by atoms with Crippen molar-refractivity contribution in [3.05, 3.63) is 101 Å². The van der Waals surface area contributed by atoms with Crippen molar-refractivity contribution < 1.29 is 14.3 Å². The number of piperidine rings is 1. The number of aromatic nitrogens is 1. The standard InChI is InChI=1S/C30H30N2O3/c1-20-27(24-18-22(34-2)12-13-26(24)32(20)19-21-8-4-3-5-9-21)28(33)29-23-10-6-7-11-25(23)30(35-29)14-16-31-17-15-30/h3-13,18,29,31H,14-17,19H2,1-2H3/t29-/m1/s1. The Morgan fingerprint density at radius 3 is 2.57 bits per heavy atom. The van der Waals surface area contributed by atoms with Crippen molar-refractivity contribution in [2.24, 2.45) is 0 Å². The van der Waals surface area contributed by atoms with Gasteiger partial charge in [-0.15, -0.1) is 0 Å². The Labute approximate surface area is 205 Å². The van der Waals surface area contributed by atoms with E-state index in [1.54, 1.807) is 7.11 Å². The second kappa shape index (κ2) is 8.67. The van der Waals surface area contributed by atoms with Crippen molar-refractivity contribution in [3.8, 4) is 5.75 Å². The average molecular weight is 467 g/mol. The van der Waals surface area contributed by atoms with Crippen LogP contribution < -0.4 is 10.1 Å². The van der Waals surface area contributed by atoms with Crippen molar-refractivity contribution in [1.29, 1.82) is 0 Å². The van der Waals surface area contributed by atoms with Crippen LogP contribution in [0, 0.1) is 6.92 Å². The number of carbonyl (C=O) groups is 1. The van der Waals surface area contributed by atoms with Gasteiger partial charge in [-0.25, -0.2) is 0 Å². The van der Waals surface area contributed by atoms with Gasteiger partial charge in [0, 0.05) is 28.7 Å². The molecule has 0 unspecified atom stereocenters. The molecule has 0 radical (unpaired) electrons. The lowest BCUT2D eigenvalue weighted by atomic mass is 9.83. The van der Waals surface area contributed by atoms with Crippen LogP contribution >= 0.6 is 0 Å². The van der Waals surface area contributed by atoms with E-state index in [2.05, 4.69) is 46.3 Å². The molecule has 4 aromatic rings. The van der Waals surface area contributed by atoms with Gasteiger partial charge in [0.1, 0.15) is 11.9 Å². The van der Waals surface area contributed by atoms with Crippen LogP contribution in [0.15, 0.2) is 72.8 Å². The van der Waals surface area contributed by atoms with E-state index in [1.165, 1.54) is 11.1 Å². The quantitative estimate of drug-likeness (QED) is 0.393. The van der Waals surface area contributed by atoms with Gasteiger partial charge in [-0.2, -0.15) is 0 Å². The minimum Gasteiger partial charge on any atom is -0.497 e. The number of ether oxygens (including phenoxy) is 2. The predicted molar refractivity (Wildman–Crippen MR) is 137 cm³/mol. The maximum atomic E-state index is 14.3. The second-order valence-electron chi connectivity index (χ2n) is 9.61. The molecule has 1 spiro atoms. The lowest BCUT2D eigenvalue weighted by molar-refractivity contribution is -0.0806. The molecule has 2 aliphatic heterocycles. The maximum absolute atomic E-state index is 14.3. The zero-order valence-corrected chi connectivity index (χ0v) is 20.2. The van der Waals surface area contributed by atoms with Crippen LogP contribution in [-0.4, -0.2) is 30.5 Å². The second-order valence-corrected chi connectivity index (χ2v) is 9.61. The van der Waals surface area contributed by atoms with Gasteiger partial charge in [-0.05, 0) is 67.7 Å². The van der Waals surface area contributed by atoms with Crippen LogP contribution in [0.4, 0.5) is 0 Å². The van der Waals surface area contributed by atoms with E-state index < -0.39 is 11.7 Å². The number of hydrogen-bond acceptors (Lipinski definition) is 4. The summed E-state index contributed by atoms with van der Waals surface area (Å²) in [5.41, 5.74) is 5.68. The summed E-state index contributed by atoms with van der Waals surface area (Å²) in [5, 5.41) is 4.34. The van der Waals surface area contributed by atoms with Crippen molar-refractivity contribution in [2.75, 3.05) is 20.2 Å². The summed E-state index contributed by atoms with van der Waals surface area (Å²) in [5.74, 6) is 0.765. The zero-order valence-electron chi connectivity index (χ0n) is 20.2. The summed E-state index contributed by atoms with van der Waals surface area (Å²) < 4.78 is 14.5. The number of benzene rings is 3. The van der Waals surface area contributed by atoms with E-state index in [-0.39, 0.29) is 5.78 Å². The molecular weight excluding hydrogens is 436 g/mol. The van der Waals surface area contributed by atoms with Gasteiger partial charge in [-0.1, -0.05) is 54.6 Å². The summed E-state index contributed by atoms with van der Waals surface area (Å²) in [4.78, 5) is 14.3. The molecule has 0 amide bonds. The summed E-state index contributed by atoms with van der Waals surface area (Å²) in [6.07, 6.45) is 1.14. The Bertz CT molecular complexity index is 1400. The van der Waals surface area contributed by atoms with Crippen LogP contribution in [0.25, 0.3) is 10.9 Å². The first-order valence-corrected chi connectivity index (χ1v) is 12.3. The molecule has 1 aromatic heterocycles. The molecule has 2 aliphatic rings. The number of nitrogens with zero attached hydrogens (tertiary/aromatic N) is 1. The Kier molecular flexibility index (Phi) is 5.47. The zero-order chi connectivity index (χ0) is 24.0. The summed E-state index contributed by atoms with van der Waals surface area (Å²) in [7, 11) is 1.66. The molecule has 0 aliphatic carbocycles. The van der Waals surface area contributed by atoms with Crippen molar-refractivity contribution in [3.63, 3.8) is 0 Å². The predicted octanol–water partition coefficient (Wildman–Crippen LogP) is 5.54. The third kappa shape index (κ3) is 3.58. The van der Waals surface area contributed by atoms with Gasteiger partial charge in [-0.3, -0.25) is 4.79 Å². The largest absolute Gasteiger partial charge is 0.497 e. The molecule has 1 N–H and O–H groups in total. The molecular formula is C30H30N2O3. The normalized spacial score (nSPS) is 18.6. The number of rotatable bonds is 5. The van der Waals surface area contributed by atoms with Crippen molar-refractivity contribution in [2.45, 2.75) is 38.0 Å². The highest BCUT2D eigenvalue weighted by molar-refractivity contribution is 6.12. The molecule has 5 heteroatoms. The average Bonchev–Trinajstić information content (AvgIpc) is 3.36. The van der Waals surface area contributed by atoms with Crippen LogP contribution in [-0.2, 0) is 16.9 Å². The molecule has 1 fully saturated rings. The van der Waals surface area contributed by atoms with E-state index in [1.807, 2.05) is 43.3 Å². The number of nitrogens with one attached hydrogen (secondary N) is 1. The van der Waals surface area contributed by atoms with Crippen LogP contribution in [0.3, 0.4) is 0 Å². The molecule has 35 heavy (non-hydrogen) atoms. The topological polar surface area (TPSA) is 52.5 Å². The van der Waals surface area contributed by atoms with Gasteiger partial charge in [0.2, 0.25) is 0 Å². The fourth-order valence-corrected chi connectivity index (χ4v) is 5.91. The smallest absolute Gasteiger partial charge is 0.198 e. The van der Waals surface area contributed by atoms with E-state index >= 15 is 0 Å². The van der Waals surface area contributed by atoms with E-state index in [9.17, 15) is 4.79 Å². The number of Topliss-reactive ketones (excluding diaryl/α,β-unsaturated/α-hetero) is 1. The fourth-order valence-electron chi connectivity index (χ4n) is 5.91. The highest BCUT2D eigenvalue weighted by atomic mass is 16.5. The first-order chi connectivity index (χ1) is 17.1. The van der Waals surface area contributed by atoms with Crippen LogP contribution in [0.1, 0.15) is 51.7 Å². The third-order valence-electron chi connectivity index (χ3n) is 7.69. The van der Waals surface area contributed by atoms with Gasteiger partial charge < -0.3 is 19.4 Å². The number of hydrogen-bond donors (Lipinski definition) is 1. The van der Waals surface area contributed by atoms with Crippen LogP contribution in [0.2, 0.25) is 0 Å². The number of ketones is 1. The lowest BCUT2D eigenvalue weighted by Gasteiger charge is -2.34. The molecule has 0 bridgehead atoms. The first kappa shape index (κ1) is 22.1. The van der Waals surface area contributed by atoms with Crippen molar-refractivity contribution >= 4 is 16.7 Å². The van der Waals surface area contributed by atoms with E-state index in [0.717, 1.165) is 59.4 Å². The monoisotopic (exact) mass is 466 g/mol. The van der Waals surface area contributed by atoms with Gasteiger partial charge in [0.25, 0.3) is 0 Å². The fraction of sp³-hybridized carbons (Fsp3) is 0.300. The number of methoxy groups -OCH3 is 1. The van der Waals surface area contributed by atoms with Gasteiger partial charge in [0.15, 0.2) is 5.78 Å². The summed E-state index contributed by atoms with van der Waals surface area (Å²) in [6, 6.07) is 24.6. The number of fused-ring (bicyclic) bond motifs is 3. The Hall–Kier alpha value is -3.41. The molecule has 6 rings (SSSR count). The van der Waals surface area contributed by atoms with Crippen molar-refractivity contribution in [1.82, 2.24) is 9.88 Å². The Morgan fingerprint density at radius 1 is 1.06 bits per heavy atom. The number of carbonyl (C=O) groups excluding carboxylic acids is 1. The summed E-state index contributed by atoms with van der Waals surface area (Å²) >= 11 is 0. The van der Waals surface area contributed by atoms with Gasteiger partial charge >= 0.3 is 0 Å². The minimum atomic E-state index is -0.607. The minimum absolute atomic E-state index is 0.0235. The lowest BCUT2D eigenvalue weighted by Crippen LogP contribution is -2.40. The molecule has 0 saturated carbocycles. The molecule has 178 valence electrons. The van der Waals surface area contributed by atoms with Gasteiger partial charge in [0.05, 0.1) is 12.7 Å². The third-order valence-corrected chi connectivity index (χ3v) is 7.69.